The molecule has 0 saturated heterocycles. The zero-order chi connectivity index (χ0) is 13.5. The number of likely N-dealkylation sites (N-methyl/N-ethyl adjacent to an activating group) is 2. The minimum Gasteiger partial charge on any atom is -0.347 e. The molecule has 0 saturated carbocycles. The Labute approximate surface area is 107 Å². The molecule has 0 bridgehead atoms. The Kier molecular flexibility index (Phi) is 5.30. The lowest BCUT2D eigenvalue weighted by Gasteiger charge is -2.19. The minimum atomic E-state index is -0.0766. The molecule has 0 radical (unpaired) electrons. The van der Waals surface area contributed by atoms with Crippen molar-refractivity contribution in [1.29, 1.82) is 0 Å². The van der Waals surface area contributed by atoms with Gasteiger partial charge in [-0.25, -0.2) is 0 Å². The summed E-state index contributed by atoms with van der Waals surface area (Å²) in [5, 5.41) is 0. The summed E-state index contributed by atoms with van der Waals surface area (Å²) in [7, 11) is 5.00. The second-order valence-corrected chi connectivity index (χ2v) is 4.40. The lowest BCUT2D eigenvalue weighted by molar-refractivity contribution is -0.137. The van der Waals surface area contributed by atoms with Crippen molar-refractivity contribution in [1.82, 2.24) is 14.8 Å². The van der Waals surface area contributed by atoms with Crippen molar-refractivity contribution < 1.29 is 9.59 Å². The number of aromatic nitrogens is 1. The molecule has 1 heterocycles. The molecule has 0 atom stereocenters. The number of carbonyl (C=O) groups is 2. The molecule has 0 aliphatic carbocycles. The Hall–Kier alpha value is -1.91. The zero-order valence-electron chi connectivity index (χ0n) is 11.1. The second-order valence-electron chi connectivity index (χ2n) is 4.40. The average Bonchev–Trinajstić information content (AvgIpc) is 2.36. The van der Waals surface area contributed by atoms with Crippen molar-refractivity contribution in [2.24, 2.45) is 0 Å². The van der Waals surface area contributed by atoms with E-state index in [-0.39, 0.29) is 18.4 Å². The molecule has 1 aromatic heterocycles. The van der Waals surface area contributed by atoms with Gasteiger partial charge in [-0.05, 0) is 18.1 Å². The van der Waals surface area contributed by atoms with Crippen molar-refractivity contribution >= 4 is 11.8 Å². The molecule has 1 rings (SSSR count). The second kappa shape index (κ2) is 6.74. The molecule has 2 amide bonds. The first-order chi connectivity index (χ1) is 8.50. The van der Waals surface area contributed by atoms with E-state index in [1.807, 2.05) is 12.1 Å². The third-order valence-electron chi connectivity index (χ3n) is 2.65. The van der Waals surface area contributed by atoms with Gasteiger partial charge in [0.15, 0.2) is 0 Å². The molecule has 0 unspecified atom stereocenters. The first-order valence-corrected chi connectivity index (χ1v) is 5.83. The van der Waals surface area contributed by atoms with E-state index in [1.54, 1.807) is 33.5 Å². The lowest BCUT2D eigenvalue weighted by Crippen LogP contribution is -2.37. The van der Waals surface area contributed by atoms with E-state index < -0.39 is 0 Å². The SMILES string of the molecule is CN(C)C(=O)CN(C)C(=O)CCc1cccnc1. The van der Waals surface area contributed by atoms with Gasteiger partial charge in [0, 0.05) is 40.0 Å². The van der Waals surface area contributed by atoms with E-state index >= 15 is 0 Å². The van der Waals surface area contributed by atoms with Crippen LogP contribution in [0.5, 0.6) is 0 Å². The summed E-state index contributed by atoms with van der Waals surface area (Å²) < 4.78 is 0. The van der Waals surface area contributed by atoms with Crippen molar-refractivity contribution in [3.05, 3.63) is 30.1 Å². The number of hydrogen-bond donors (Lipinski definition) is 0. The van der Waals surface area contributed by atoms with E-state index in [0.29, 0.717) is 12.8 Å². The van der Waals surface area contributed by atoms with E-state index in [2.05, 4.69) is 4.98 Å². The highest BCUT2D eigenvalue weighted by molar-refractivity contribution is 5.84. The molecule has 18 heavy (non-hydrogen) atoms. The Balaban J connectivity index is 2.39. The van der Waals surface area contributed by atoms with Crippen LogP contribution in [0.15, 0.2) is 24.5 Å². The van der Waals surface area contributed by atoms with Crippen LogP contribution in [0, 0.1) is 0 Å². The van der Waals surface area contributed by atoms with E-state index in [1.165, 1.54) is 9.80 Å². The third kappa shape index (κ3) is 4.53. The maximum atomic E-state index is 11.8. The number of carbonyl (C=O) groups excluding carboxylic acids is 2. The smallest absolute Gasteiger partial charge is 0.241 e. The third-order valence-corrected chi connectivity index (χ3v) is 2.65. The van der Waals surface area contributed by atoms with Gasteiger partial charge in [-0.1, -0.05) is 6.07 Å². The zero-order valence-corrected chi connectivity index (χ0v) is 11.1. The quantitative estimate of drug-likeness (QED) is 0.766. The number of rotatable bonds is 5. The van der Waals surface area contributed by atoms with E-state index in [9.17, 15) is 9.59 Å². The first-order valence-electron chi connectivity index (χ1n) is 5.83. The van der Waals surface area contributed by atoms with Gasteiger partial charge in [-0.2, -0.15) is 0 Å². The fourth-order valence-electron chi connectivity index (χ4n) is 1.42. The number of pyridine rings is 1. The predicted octanol–water partition coefficient (Wildman–Crippen LogP) is 0.561. The summed E-state index contributed by atoms with van der Waals surface area (Å²) in [5.41, 5.74) is 1.03. The van der Waals surface area contributed by atoms with Crippen LogP contribution in [0.25, 0.3) is 0 Å². The first kappa shape index (κ1) is 14.2. The molecule has 5 nitrogen and oxygen atoms in total. The highest BCUT2D eigenvalue weighted by Gasteiger charge is 2.13. The fraction of sp³-hybridized carbons (Fsp3) is 0.462. The molecular formula is C13H19N3O2. The Morgan fingerprint density at radius 1 is 1.22 bits per heavy atom. The van der Waals surface area contributed by atoms with Crippen LogP contribution >= 0.6 is 0 Å². The number of aryl methyl sites for hydroxylation is 1. The van der Waals surface area contributed by atoms with Crippen LogP contribution in [0.4, 0.5) is 0 Å². The Morgan fingerprint density at radius 3 is 2.50 bits per heavy atom. The van der Waals surface area contributed by atoms with Crippen molar-refractivity contribution in [2.75, 3.05) is 27.7 Å². The summed E-state index contributed by atoms with van der Waals surface area (Å²) in [5.74, 6) is -0.110. The van der Waals surface area contributed by atoms with Crippen LogP contribution in [0.1, 0.15) is 12.0 Å². The summed E-state index contributed by atoms with van der Waals surface area (Å²) in [6.07, 6.45) is 4.49. The molecular weight excluding hydrogens is 230 g/mol. The van der Waals surface area contributed by atoms with Crippen LogP contribution in [0.2, 0.25) is 0 Å². The van der Waals surface area contributed by atoms with Gasteiger partial charge in [0.2, 0.25) is 11.8 Å². The van der Waals surface area contributed by atoms with Crippen LogP contribution < -0.4 is 0 Å². The monoisotopic (exact) mass is 249 g/mol. The molecule has 98 valence electrons. The van der Waals surface area contributed by atoms with Crippen LogP contribution in [-0.2, 0) is 16.0 Å². The maximum Gasteiger partial charge on any atom is 0.241 e. The highest BCUT2D eigenvalue weighted by Crippen LogP contribution is 2.02. The summed E-state index contributed by atoms with van der Waals surface area (Å²) in [4.78, 5) is 30.2. The van der Waals surface area contributed by atoms with Crippen LogP contribution in [-0.4, -0.2) is 54.3 Å². The number of amides is 2. The fourth-order valence-corrected chi connectivity index (χ4v) is 1.42. The average molecular weight is 249 g/mol. The summed E-state index contributed by atoms with van der Waals surface area (Å²) in [6, 6.07) is 3.78. The predicted molar refractivity (Wildman–Crippen MR) is 68.9 cm³/mol. The van der Waals surface area contributed by atoms with Gasteiger partial charge in [0.1, 0.15) is 0 Å². The van der Waals surface area contributed by atoms with Gasteiger partial charge in [0.25, 0.3) is 0 Å². The summed E-state index contributed by atoms with van der Waals surface area (Å²) >= 11 is 0. The standard InChI is InChI=1S/C13H19N3O2/c1-15(2)13(18)10-16(3)12(17)7-6-11-5-4-8-14-9-11/h4-5,8-9H,6-7,10H2,1-3H3. The molecule has 5 heteroatoms. The number of nitrogens with zero attached hydrogens (tertiary/aromatic N) is 3. The molecule has 1 aromatic rings. The van der Waals surface area contributed by atoms with Crippen molar-refractivity contribution in [3.63, 3.8) is 0 Å². The molecule has 0 aliphatic rings. The largest absolute Gasteiger partial charge is 0.347 e. The minimum absolute atomic E-state index is 0.0333. The maximum absolute atomic E-state index is 11.8. The molecule has 0 fully saturated rings. The van der Waals surface area contributed by atoms with Gasteiger partial charge in [-0.15, -0.1) is 0 Å². The highest BCUT2D eigenvalue weighted by atomic mass is 16.2. The lowest BCUT2D eigenvalue weighted by atomic mass is 10.1. The van der Waals surface area contributed by atoms with E-state index in [0.717, 1.165) is 5.56 Å². The topological polar surface area (TPSA) is 53.5 Å². The number of hydrogen-bond acceptors (Lipinski definition) is 3. The Morgan fingerprint density at radius 2 is 1.94 bits per heavy atom. The van der Waals surface area contributed by atoms with Gasteiger partial charge in [0.05, 0.1) is 6.54 Å². The van der Waals surface area contributed by atoms with Crippen molar-refractivity contribution in [3.8, 4) is 0 Å². The van der Waals surface area contributed by atoms with Crippen molar-refractivity contribution in [2.45, 2.75) is 12.8 Å². The molecule has 0 aromatic carbocycles. The molecule has 0 aliphatic heterocycles. The van der Waals surface area contributed by atoms with Crippen LogP contribution in [0.3, 0.4) is 0 Å². The van der Waals surface area contributed by atoms with Gasteiger partial charge < -0.3 is 9.80 Å². The Bertz CT molecular complexity index is 404. The normalized spacial score (nSPS) is 9.94. The molecule has 0 N–H and O–H groups in total. The summed E-state index contributed by atoms with van der Waals surface area (Å²) in [6.45, 7) is 0.124. The van der Waals surface area contributed by atoms with E-state index in [4.69, 9.17) is 0 Å². The van der Waals surface area contributed by atoms with Gasteiger partial charge >= 0.3 is 0 Å². The molecule has 0 spiro atoms. The van der Waals surface area contributed by atoms with Gasteiger partial charge in [-0.3, -0.25) is 14.6 Å².